The van der Waals surface area contributed by atoms with Crippen LogP contribution in [0.1, 0.15) is 46.1 Å². The third-order valence-corrected chi connectivity index (χ3v) is 3.54. The zero-order valence-electron chi connectivity index (χ0n) is 13.4. The van der Waals surface area contributed by atoms with Crippen LogP contribution in [0.25, 0.3) is 0 Å². The Bertz CT molecular complexity index is 492. The van der Waals surface area contributed by atoms with Crippen molar-refractivity contribution in [3.05, 3.63) is 28.8 Å². The van der Waals surface area contributed by atoms with E-state index in [2.05, 4.69) is 25.2 Å². The molecule has 1 aromatic rings. The number of halogens is 1. The maximum Gasteiger partial charge on any atom is 0.142 e. The molecule has 0 bridgehead atoms. The molecule has 116 valence electrons. The van der Waals surface area contributed by atoms with Crippen LogP contribution in [-0.2, 0) is 6.54 Å². The highest BCUT2D eigenvalue weighted by molar-refractivity contribution is 6.32. The minimum absolute atomic E-state index is 0.300. The van der Waals surface area contributed by atoms with Crippen molar-refractivity contribution < 1.29 is 4.74 Å². The zero-order valence-corrected chi connectivity index (χ0v) is 14.1. The number of nitrogens with zero attached hydrogens (tertiary/aromatic N) is 1. The molecule has 0 aliphatic heterocycles. The summed E-state index contributed by atoms with van der Waals surface area (Å²) in [6.07, 6.45) is 1.65. The maximum atomic E-state index is 9.00. The van der Waals surface area contributed by atoms with Crippen LogP contribution in [0.3, 0.4) is 0 Å². The Morgan fingerprint density at radius 1 is 1.38 bits per heavy atom. The van der Waals surface area contributed by atoms with Crippen LogP contribution in [0.15, 0.2) is 18.2 Å². The lowest BCUT2D eigenvalue weighted by Gasteiger charge is -2.17. The standard InChI is InChI=1S/C17H25ClN2O/c1-13(2)20-11-14-7-5-8-15(18)16(14)21-10-6-9-17(3,4)12-19/h5,7-8,13,20H,6,9-11H2,1-4H3. The molecule has 0 fully saturated rings. The predicted octanol–water partition coefficient (Wildman–Crippen LogP) is 4.55. The van der Waals surface area contributed by atoms with Gasteiger partial charge < -0.3 is 10.1 Å². The summed E-state index contributed by atoms with van der Waals surface area (Å²) in [6, 6.07) is 8.52. The van der Waals surface area contributed by atoms with Gasteiger partial charge in [-0.3, -0.25) is 0 Å². The van der Waals surface area contributed by atoms with E-state index in [1.165, 1.54) is 0 Å². The van der Waals surface area contributed by atoms with Crippen LogP contribution in [-0.4, -0.2) is 12.6 Å². The monoisotopic (exact) mass is 308 g/mol. The lowest BCUT2D eigenvalue weighted by atomic mass is 9.90. The summed E-state index contributed by atoms with van der Waals surface area (Å²) >= 11 is 6.24. The third-order valence-electron chi connectivity index (χ3n) is 3.24. The summed E-state index contributed by atoms with van der Waals surface area (Å²) in [5, 5.41) is 13.0. The summed E-state index contributed by atoms with van der Waals surface area (Å²) in [5.74, 6) is 0.752. The minimum Gasteiger partial charge on any atom is -0.492 e. The second kappa shape index (κ2) is 8.26. The summed E-state index contributed by atoms with van der Waals surface area (Å²) in [4.78, 5) is 0. The van der Waals surface area contributed by atoms with E-state index in [1.54, 1.807) is 0 Å². The lowest BCUT2D eigenvalue weighted by molar-refractivity contribution is 0.281. The Morgan fingerprint density at radius 2 is 2.10 bits per heavy atom. The van der Waals surface area contributed by atoms with Gasteiger partial charge in [0.1, 0.15) is 5.75 Å². The highest BCUT2D eigenvalue weighted by atomic mass is 35.5. The highest BCUT2D eigenvalue weighted by Gasteiger charge is 2.16. The van der Waals surface area contributed by atoms with E-state index < -0.39 is 0 Å². The first-order valence-electron chi connectivity index (χ1n) is 7.40. The van der Waals surface area contributed by atoms with Crippen LogP contribution in [0.4, 0.5) is 0 Å². The van der Waals surface area contributed by atoms with Gasteiger partial charge in [0.25, 0.3) is 0 Å². The van der Waals surface area contributed by atoms with Crippen molar-refractivity contribution in [1.82, 2.24) is 5.32 Å². The van der Waals surface area contributed by atoms with Crippen LogP contribution in [0.2, 0.25) is 5.02 Å². The van der Waals surface area contributed by atoms with Gasteiger partial charge in [0, 0.05) is 18.2 Å². The number of ether oxygens (including phenoxy) is 1. The molecule has 1 aromatic carbocycles. The third kappa shape index (κ3) is 6.37. The number of hydrogen-bond donors (Lipinski definition) is 1. The molecule has 1 N–H and O–H groups in total. The Morgan fingerprint density at radius 3 is 2.71 bits per heavy atom. The molecule has 4 heteroatoms. The van der Waals surface area contributed by atoms with Crippen molar-refractivity contribution in [2.75, 3.05) is 6.61 Å². The van der Waals surface area contributed by atoms with Gasteiger partial charge in [-0.2, -0.15) is 5.26 Å². The molecule has 0 aliphatic carbocycles. The number of nitriles is 1. The molecular formula is C17H25ClN2O. The molecule has 3 nitrogen and oxygen atoms in total. The lowest BCUT2D eigenvalue weighted by Crippen LogP contribution is -2.22. The quantitative estimate of drug-likeness (QED) is 0.717. The topological polar surface area (TPSA) is 45.0 Å². The van der Waals surface area contributed by atoms with Crippen LogP contribution in [0.5, 0.6) is 5.75 Å². The fourth-order valence-electron chi connectivity index (χ4n) is 1.91. The van der Waals surface area contributed by atoms with Gasteiger partial charge in [-0.15, -0.1) is 0 Å². The second-order valence-corrected chi connectivity index (χ2v) is 6.62. The number of benzene rings is 1. The largest absolute Gasteiger partial charge is 0.492 e. The number of hydrogen-bond acceptors (Lipinski definition) is 3. The van der Waals surface area contributed by atoms with Crippen LogP contribution < -0.4 is 10.1 Å². The molecule has 0 saturated heterocycles. The van der Waals surface area contributed by atoms with Gasteiger partial charge in [0.15, 0.2) is 0 Å². The van der Waals surface area contributed by atoms with Gasteiger partial charge in [0.05, 0.1) is 23.1 Å². The Labute approximate surface area is 133 Å². The van der Waals surface area contributed by atoms with Gasteiger partial charge in [-0.25, -0.2) is 0 Å². The molecule has 0 aromatic heterocycles. The first-order valence-corrected chi connectivity index (χ1v) is 7.78. The van der Waals surface area contributed by atoms with Crippen molar-refractivity contribution in [2.24, 2.45) is 5.41 Å². The van der Waals surface area contributed by atoms with Crippen molar-refractivity contribution in [3.8, 4) is 11.8 Å². The summed E-state index contributed by atoms with van der Waals surface area (Å²) in [7, 11) is 0. The average Bonchev–Trinajstić information content (AvgIpc) is 2.43. The van der Waals surface area contributed by atoms with Crippen LogP contribution in [0, 0.1) is 16.7 Å². The number of rotatable bonds is 8. The fourth-order valence-corrected chi connectivity index (χ4v) is 2.16. The summed E-state index contributed by atoms with van der Waals surface area (Å²) < 4.78 is 5.86. The van der Waals surface area contributed by atoms with Crippen molar-refractivity contribution in [1.29, 1.82) is 5.26 Å². The molecule has 0 radical (unpaired) electrons. The van der Waals surface area contributed by atoms with Crippen molar-refractivity contribution >= 4 is 11.6 Å². The molecule has 21 heavy (non-hydrogen) atoms. The molecule has 0 spiro atoms. The number of para-hydroxylation sites is 1. The van der Waals surface area contributed by atoms with Crippen molar-refractivity contribution in [3.63, 3.8) is 0 Å². The summed E-state index contributed by atoms with van der Waals surface area (Å²) in [6.45, 7) is 9.41. The van der Waals surface area contributed by atoms with E-state index in [0.717, 1.165) is 30.7 Å². The van der Waals surface area contributed by atoms with Crippen molar-refractivity contribution in [2.45, 2.75) is 53.1 Å². The van der Waals surface area contributed by atoms with E-state index in [-0.39, 0.29) is 5.41 Å². The zero-order chi connectivity index (χ0) is 15.9. The second-order valence-electron chi connectivity index (χ2n) is 6.21. The average molecular weight is 309 g/mol. The molecule has 0 amide bonds. The smallest absolute Gasteiger partial charge is 0.142 e. The van der Waals surface area contributed by atoms with Gasteiger partial charge in [0.2, 0.25) is 0 Å². The van der Waals surface area contributed by atoms with Gasteiger partial charge in [-0.1, -0.05) is 37.6 Å². The highest BCUT2D eigenvalue weighted by Crippen LogP contribution is 2.29. The van der Waals surface area contributed by atoms with E-state index in [9.17, 15) is 0 Å². The fraction of sp³-hybridized carbons (Fsp3) is 0.588. The molecule has 0 aliphatic rings. The molecule has 0 atom stereocenters. The van der Waals surface area contributed by atoms with Crippen LogP contribution >= 0.6 is 11.6 Å². The normalized spacial score (nSPS) is 11.5. The SMILES string of the molecule is CC(C)NCc1cccc(Cl)c1OCCCC(C)(C)C#N. The molecule has 0 unspecified atom stereocenters. The van der Waals surface area contributed by atoms with Gasteiger partial charge >= 0.3 is 0 Å². The van der Waals surface area contributed by atoms with E-state index >= 15 is 0 Å². The Hall–Kier alpha value is -1.24. The Balaban J connectivity index is 2.59. The maximum absolute atomic E-state index is 9.00. The molecular weight excluding hydrogens is 284 g/mol. The van der Waals surface area contributed by atoms with E-state index in [4.69, 9.17) is 21.6 Å². The molecule has 0 saturated carbocycles. The first kappa shape index (κ1) is 17.8. The molecule has 0 heterocycles. The van der Waals surface area contributed by atoms with E-state index in [1.807, 2.05) is 32.0 Å². The molecule has 1 rings (SSSR count). The summed E-state index contributed by atoms with van der Waals surface area (Å²) in [5.41, 5.74) is 0.766. The van der Waals surface area contributed by atoms with E-state index in [0.29, 0.717) is 17.7 Å². The predicted molar refractivity (Wildman–Crippen MR) is 87.6 cm³/mol. The number of nitrogens with one attached hydrogen (secondary N) is 1. The minimum atomic E-state index is -0.300. The first-order chi connectivity index (χ1) is 9.85. The van der Waals surface area contributed by atoms with Gasteiger partial charge in [-0.05, 0) is 32.8 Å². The Kier molecular flexibility index (Phi) is 7.01.